The van der Waals surface area contributed by atoms with Crippen molar-refractivity contribution in [3.05, 3.63) is 35.1 Å². The van der Waals surface area contributed by atoms with Crippen LogP contribution in [0.4, 0.5) is 4.39 Å². The van der Waals surface area contributed by atoms with Crippen LogP contribution in [-0.4, -0.2) is 24.0 Å². The van der Waals surface area contributed by atoms with Crippen molar-refractivity contribution < 1.29 is 4.39 Å². The summed E-state index contributed by atoms with van der Waals surface area (Å²) in [5.41, 5.74) is 7.72. The van der Waals surface area contributed by atoms with Gasteiger partial charge in [0.1, 0.15) is 5.82 Å². The Morgan fingerprint density at radius 2 is 2.25 bits per heavy atom. The molecular weight excluding hydrogens is 227 g/mol. The van der Waals surface area contributed by atoms with Crippen LogP contribution in [0.2, 0.25) is 0 Å². The lowest BCUT2D eigenvalue weighted by atomic mass is 10.1. The fraction of sp³-hybridized carbons (Fsp3) is 0.500. The minimum Gasteiger partial charge on any atom is -0.326 e. The maximum Gasteiger partial charge on any atom is 0.126 e. The topological polar surface area (TPSA) is 29.3 Å². The van der Waals surface area contributed by atoms with Gasteiger partial charge < -0.3 is 5.73 Å². The Hall–Kier alpha value is -0.640. The first-order chi connectivity index (χ1) is 7.15. The van der Waals surface area contributed by atoms with Gasteiger partial charge in [0, 0.05) is 25.7 Å². The van der Waals surface area contributed by atoms with Gasteiger partial charge in [-0.2, -0.15) is 0 Å². The van der Waals surface area contributed by atoms with E-state index in [4.69, 9.17) is 5.73 Å². The van der Waals surface area contributed by atoms with E-state index in [1.165, 1.54) is 5.56 Å². The van der Waals surface area contributed by atoms with Gasteiger partial charge in [0.05, 0.1) is 0 Å². The summed E-state index contributed by atoms with van der Waals surface area (Å²) in [7, 11) is 0. The first-order valence-corrected chi connectivity index (χ1v) is 5.38. The second-order valence-electron chi connectivity index (χ2n) is 4.37. The Kier molecular flexibility index (Phi) is 4.71. The van der Waals surface area contributed by atoms with Crippen LogP contribution in [0.25, 0.3) is 0 Å². The highest BCUT2D eigenvalue weighted by molar-refractivity contribution is 5.85. The Bertz CT molecular complexity index is 357. The maximum atomic E-state index is 13.0. The molecule has 0 spiro atoms. The van der Waals surface area contributed by atoms with Gasteiger partial charge in [-0.25, -0.2) is 4.39 Å². The molecule has 1 aromatic carbocycles. The molecule has 1 fully saturated rings. The van der Waals surface area contributed by atoms with Gasteiger partial charge in [-0.1, -0.05) is 12.1 Å². The van der Waals surface area contributed by atoms with Crippen molar-refractivity contribution in [3.63, 3.8) is 0 Å². The largest absolute Gasteiger partial charge is 0.326 e. The minimum absolute atomic E-state index is 0. The third-order valence-corrected chi connectivity index (χ3v) is 2.94. The Morgan fingerprint density at radius 1 is 1.50 bits per heavy atom. The molecule has 0 unspecified atom stereocenters. The number of nitrogens with zero attached hydrogens (tertiary/aromatic N) is 1. The first kappa shape index (κ1) is 13.4. The monoisotopic (exact) mass is 244 g/mol. The Morgan fingerprint density at radius 3 is 2.81 bits per heavy atom. The Labute approximate surface area is 102 Å². The van der Waals surface area contributed by atoms with Gasteiger partial charge in [-0.3, -0.25) is 4.90 Å². The van der Waals surface area contributed by atoms with Crippen LogP contribution >= 0.6 is 12.4 Å². The zero-order chi connectivity index (χ0) is 10.8. The molecule has 1 heterocycles. The quantitative estimate of drug-likeness (QED) is 0.863. The van der Waals surface area contributed by atoms with Gasteiger partial charge in [0.15, 0.2) is 0 Å². The number of hydrogen-bond acceptors (Lipinski definition) is 2. The fourth-order valence-electron chi connectivity index (χ4n) is 2.07. The first-order valence-electron chi connectivity index (χ1n) is 5.38. The third kappa shape index (κ3) is 3.17. The van der Waals surface area contributed by atoms with Crippen LogP contribution in [0.5, 0.6) is 0 Å². The highest BCUT2D eigenvalue weighted by Crippen LogP contribution is 2.14. The van der Waals surface area contributed by atoms with E-state index < -0.39 is 0 Å². The van der Waals surface area contributed by atoms with E-state index >= 15 is 0 Å². The van der Waals surface area contributed by atoms with Crippen LogP contribution in [-0.2, 0) is 6.54 Å². The highest BCUT2D eigenvalue weighted by atomic mass is 35.5. The lowest BCUT2D eigenvalue weighted by Crippen LogP contribution is -2.26. The van der Waals surface area contributed by atoms with Crippen LogP contribution < -0.4 is 5.73 Å². The lowest BCUT2D eigenvalue weighted by molar-refractivity contribution is 0.326. The summed E-state index contributed by atoms with van der Waals surface area (Å²) in [5.74, 6) is -0.128. The molecule has 2 rings (SSSR count). The smallest absolute Gasteiger partial charge is 0.126 e. The third-order valence-electron chi connectivity index (χ3n) is 2.94. The molecule has 0 aliphatic carbocycles. The molecule has 0 radical (unpaired) electrons. The molecule has 1 atom stereocenters. The van der Waals surface area contributed by atoms with Crippen molar-refractivity contribution in [2.45, 2.75) is 25.9 Å². The van der Waals surface area contributed by atoms with Crippen LogP contribution in [0, 0.1) is 12.7 Å². The summed E-state index contributed by atoms with van der Waals surface area (Å²) in [6, 6.07) is 5.62. The SMILES string of the molecule is Cc1cc(CN2CC[C@H](N)C2)ccc1F.Cl. The summed E-state index contributed by atoms with van der Waals surface area (Å²) >= 11 is 0. The number of benzene rings is 1. The van der Waals surface area contributed by atoms with E-state index in [1.54, 1.807) is 13.0 Å². The van der Waals surface area contributed by atoms with Crippen molar-refractivity contribution in [1.29, 1.82) is 0 Å². The molecule has 16 heavy (non-hydrogen) atoms. The molecule has 1 saturated heterocycles. The highest BCUT2D eigenvalue weighted by Gasteiger charge is 2.18. The number of hydrogen-bond donors (Lipinski definition) is 1. The van der Waals surface area contributed by atoms with Crippen molar-refractivity contribution >= 4 is 12.4 Å². The molecule has 2 nitrogen and oxygen atoms in total. The number of likely N-dealkylation sites (tertiary alicyclic amines) is 1. The summed E-state index contributed by atoms with van der Waals surface area (Å²) < 4.78 is 13.0. The second-order valence-corrected chi connectivity index (χ2v) is 4.37. The Balaban J connectivity index is 0.00000128. The average molecular weight is 245 g/mol. The summed E-state index contributed by atoms with van der Waals surface area (Å²) in [5, 5.41) is 0. The average Bonchev–Trinajstić information content (AvgIpc) is 2.58. The van der Waals surface area contributed by atoms with E-state index in [2.05, 4.69) is 4.90 Å². The lowest BCUT2D eigenvalue weighted by Gasteiger charge is -2.15. The number of halogens is 2. The molecule has 1 aliphatic heterocycles. The van der Waals surface area contributed by atoms with Gasteiger partial charge >= 0.3 is 0 Å². The predicted octanol–water partition coefficient (Wildman–Crippen LogP) is 2.09. The predicted molar refractivity (Wildman–Crippen MR) is 66.3 cm³/mol. The molecule has 0 amide bonds. The van der Waals surface area contributed by atoms with Crippen LogP contribution in [0.15, 0.2) is 18.2 Å². The summed E-state index contributed by atoms with van der Waals surface area (Å²) in [4.78, 5) is 2.32. The molecule has 4 heteroatoms. The standard InChI is InChI=1S/C12H17FN2.ClH/c1-9-6-10(2-3-12(9)13)7-15-5-4-11(14)8-15;/h2-3,6,11H,4-5,7-8,14H2,1H3;1H/t11-;/m0./s1. The molecule has 0 aromatic heterocycles. The van der Waals surface area contributed by atoms with E-state index in [-0.39, 0.29) is 18.2 Å². The normalized spacial score (nSPS) is 20.8. The molecule has 0 saturated carbocycles. The molecule has 0 bridgehead atoms. The molecule has 1 aromatic rings. The van der Waals surface area contributed by atoms with Crippen molar-refractivity contribution in [2.75, 3.05) is 13.1 Å². The van der Waals surface area contributed by atoms with Gasteiger partial charge in [-0.05, 0) is 30.5 Å². The van der Waals surface area contributed by atoms with Gasteiger partial charge in [0.25, 0.3) is 0 Å². The summed E-state index contributed by atoms with van der Waals surface area (Å²) in [6.07, 6.45) is 1.07. The number of nitrogens with two attached hydrogens (primary N) is 1. The van der Waals surface area contributed by atoms with Crippen molar-refractivity contribution in [2.24, 2.45) is 5.73 Å². The van der Waals surface area contributed by atoms with Gasteiger partial charge in [0.2, 0.25) is 0 Å². The zero-order valence-electron chi connectivity index (χ0n) is 9.45. The maximum absolute atomic E-state index is 13.0. The minimum atomic E-state index is -0.128. The molecule has 90 valence electrons. The summed E-state index contributed by atoms with van der Waals surface area (Å²) in [6.45, 7) is 4.69. The second kappa shape index (κ2) is 5.62. The van der Waals surface area contributed by atoms with Crippen molar-refractivity contribution in [1.82, 2.24) is 4.90 Å². The van der Waals surface area contributed by atoms with Crippen molar-refractivity contribution in [3.8, 4) is 0 Å². The van der Waals surface area contributed by atoms with Crippen LogP contribution in [0.1, 0.15) is 17.5 Å². The molecule has 2 N–H and O–H groups in total. The van der Waals surface area contributed by atoms with E-state index in [0.29, 0.717) is 6.04 Å². The molecule has 1 aliphatic rings. The van der Waals surface area contributed by atoms with E-state index in [9.17, 15) is 4.39 Å². The number of aryl methyl sites for hydroxylation is 1. The molecular formula is C12H18ClFN2. The number of rotatable bonds is 2. The van der Waals surface area contributed by atoms with E-state index in [1.807, 2.05) is 12.1 Å². The van der Waals surface area contributed by atoms with Crippen LogP contribution in [0.3, 0.4) is 0 Å². The fourth-order valence-corrected chi connectivity index (χ4v) is 2.07. The zero-order valence-corrected chi connectivity index (χ0v) is 10.3. The van der Waals surface area contributed by atoms with E-state index in [0.717, 1.165) is 31.6 Å². The van der Waals surface area contributed by atoms with Gasteiger partial charge in [-0.15, -0.1) is 12.4 Å².